The summed E-state index contributed by atoms with van der Waals surface area (Å²) >= 11 is 1.54. The van der Waals surface area contributed by atoms with E-state index in [1.807, 2.05) is 48.7 Å². The Labute approximate surface area is 132 Å². The predicted molar refractivity (Wildman–Crippen MR) is 88.0 cm³/mol. The molecule has 3 aromatic rings. The molecular weight excluding hydrogens is 296 g/mol. The number of benzene rings is 1. The van der Waals surface area contributed by atoms with Crippen molar-refractivity contribution in [1.82, 2.24) is 15.2 Å². The molecule has 0 saturated carbocycles. The van der Waals surface area contributed by atoms with E-state index in [-0.39, 0.29) is 5.91 Å². The van der Waals surface area contributed by atoms with Crippen LogP contribution in [0.1, 0.15) is 10.4 Å². The largest absolute Gasteiger partial charge is 0.319 e. The number of pyridine rings is 1. The van der Waals surface area contributed by atoms with Gasteiger partial charge in [-0.25, -0.2) is 0 Å². The molecule has 0 fully saturated rings. The number of rotatable bonds is 4. The van der Waals surface area contributed by atoms with E-state index in [1.165, 1.54) is 0 Å². The number of anilines is 1. The summed E-state index contributed by atoms with van der Waals surface area (Å²) in [5.41, 5.74) is 2.67. The van der Waals surface area contributed by atoms with E-state index in [2.05, 4.69) is 20.5 Å². The highest BCUT2D eigenvalue weighted by Gasteiger charge is 2.15. The Balaban J connectivity index is 1.88. The zero-order valence-electron chi connectivity index (χ0n) is 11.9. The maximum Gasteiger partial charge on any atom is 0.256 e. The van der Waals surface area contributed by atoms with Gasteiger partial charge in [-0.2, -0.15) is 5.10 Å². The summed E-state index contributed by atoms with van der Waals surface area (Å²) in [7, 11) is 0. The number of nitrogens with one attached hydrogen (secondary N) is 2. The maximum absolute atomic E-state index is 12.5. The highest BCUT2D eigenvalue weighted by molar-refractivity contribution is 7.98. The maximum atomic E-state index is 12.5. The van der Waals surface area contributed by atoms with E-state index >= 15 is 0 Å². The van der Waals surface area contributed by atoms with Gasteiger partial charge in [0.05, 0.1) is 23.1 Å². The van der Waals surface area contributed by atoms with Crippen LogP contribution >= 0.6 is 11.8 Å². The van der Waals surface area contributed by atoms with Crippen molar-refractivity contribution in [2.45, 2.75) is 4.90 Å². The zero-order chi connectivity index (χ0) is 15.4. The minimum atomic E-state index is -0.163. The molecule has 0 aliphatic rings. The fraction of sp³-hybridized carbons (Fsp3) is 0.0625. The molecule has 22 heavy (non-hydrogen) atoms. The second kappa shape index (κ2) is 6.44. The Kier molecular flexibility index (Phi) is 4.20. The lowest BCUT2D eigenvalue weighted by Gasteiger charge is -2.08. The van der Waals surface area contributed by atoms with Crippen molar-refractivity contribution in [3.05, 3.63) is 60.4 Å². The third-order valence-corrected chi connectivity index (χ3v) is 3.96. The van der Waals surface area contributed by atoms with E-state index in [1.54, 1.807) is 24.2 Å². The summed E-state index contributed by atoms with van der Waals surface area (Å²) in [6.07, 6.45) is 5.23. The number of aromatic nitrogens is 3. The molecule has 0 aliphatic heterocycles. The molecule has 0 saturated heterocycles. The molecule has 0 atom stereocenters. The van der Waals surface area contributed by atoms with Gasteiger partial charge in [0.15, 0.2) is 0 Å². The van der Waals surface area contributed by atoms with Gasteiger partial charge in [0.1, 0.15) is 5.69 Å². The summed E-state index contributed by atoms with van der Waals surface area (Å²) in [4.78, 5) is 17.7. The van der Waals surface area contributed by atoms with E-state index in [0.717, 1.165) is 10.6 Å². The molecule has 0 spiro atoms. The highest BCUT2D eigenvalue weighted by Crippen LogP contribution is 2.25. The first-order chi connectivity index (χ1) is 10.8. The Morgan fingerprint density at radius 2 is 2.00 bits per heavy atom. The molecule has 0 unspecified atom stereocenters. The van der Waals surface area contributed by atoms with Crippen LogP contribution in [-0.2, 0) is 0 Å². The van der Waals surface area contributed by atoms with Gasteiger partial charge in [-0.05, 0) is 30.5 Å². The molecule has 1 aromatic carbocycles. The summed E-state index contributed by atoms with van der Waals surface area (Å²) in [5, 5.41) is 9.77. The second-order valence-corrected chi connectivity index (χ2v) is 5.38. The fourth-order valence-corrected chi connectivity index (χ4v) is 2.70. The number of carbonyl (C=O) groups is 1. The van der Waals surface area contributed by atoms with Crippen LogP contribution < -0.4 is 5.32 Å². The first-order valence-corrected chi connectivity index (χ1v) is 7.91. The average molecular weight is 310 g/mol. The number of aromatic amines is 1. The van der Waals surface area contributed by atoms with E-state index < -0.39 is 0 Å². The molecular formula is C16H14N4OS. The number of amides is 1. The fourth-order valence-electron chi connectivity index (χ4n) is 2.11. The number of nitrogens with zero attached hydrogens (tertiary/aromatic N) is 2. The Hall–Kier alpha value is -2.60. The van der Waals surface area contributed by atoms with Crippen molar-refractivity contribution in [2.75, 3.05) is 11.6 Å². The van der Waals surface area contributed by atoms with Crippen molar-refractivity contribution in [1.29, 1.82) is 0 Å². The first-order valence-electron chi connectivity index (χ1n) is 6.68. The van der Waals surface area contributed by atoms with Gasteiger partial charge in [-0.3, -0.25) is 14.9 Å². The number of hydrogen-bond acceptors (Lipinski definition) is 4. The Morgan fingerprint density at radius 1 is 1.18 bits per heavy atom. The normalized spacial score (nSPS) is 10.4. The summed E-state index contributed by atoms with van der Waals surface area (Å²) < 4.78 is 0. The zero-order valence-corrected chi connectivity index (χ0v) is 12.7. The van der Waals surface area contributed by atoms with Gasteiger partial charge < -0.3 is 5.32 Å². The minimum Gasteiger partial charge on any atom is -0.319 e. The minimum absolute atomic E-state index is 0.163. The number of thioether (sulfide) groups is 1. The Morgan fingerprint density at radius 3 is 2.77 bits per heavy atom. The van der Waals surface area contributed by atoms with Gasteiger partial charge in [-0.15, -0.1) is 11.8 Å². The highest BCUT2D eigenvalue weighted by atomic mass is 32.2. The van der Waals surface area contributed by atoms with Crippen LogP contribution in [0.5, 0.6) is 0 Å². The van der Waals surface area contributed by atoms with Gasteiger partial charge in [0.2, 0.25) is 0 Å². The van der Waals surface area contributed by atoms with Crippen LogP contribution in [0.2, 0.25) is 0 Å². The molecule has 3 rings (SSSR count). The predicted octanol–water partition coefficient (Wildman–Crippen LogP) is 3.45. The molecule has 0 bridgehead atoms. The Bertz CT molecular complexity index is 786. The molecule has 2 heterocycles. The number of carbonyl (C=O) groups excluding carboxylic acids is 1. The average Bonchev–Trinajstić information content (AvgIpc) is 3.03. The van der Waals surface area contributed by atoms with Crippen LogP contribution in [-0.4, -0.2) is 27.3 Å². The summed E-state index contributed by atoms with van der Waals surface area (Å²) in [6, 6.07) is 13.1. The van der Waals surface area contributed by atoms with Crippen molar-refractivity contribution < 1.29 is 4.79 Å². The SMILES string of the molecule is CSc1ccccc1C(=O)Nc1cn[nH]c1-c1ccccn1. The molecule has 5 nitrogen and oxygen atoms in total. The van der Waals surface area contributed by atoms with Gasteiger partial charge >= 0.3 is 0 Å². The van der Waals surface area contributed by atoms with Crippen LogP contribution in [0, 0.1) is 0 Å². The van der Waals surface area contributed by atoms with Gasteiger partial charge in [0, 0.05) is 11.1 Å². The standard InChI is InChI=1S/C16H14N4OS/c1-22-14-8-3-2-6-11(14)16(21)19-13-10-18-20-15(13)12-7-4-5-9-17-12/h2-10H,1H3,(H,18,20)(H,19,21). The van der Waals surface area contributed by atoms with Crippen molar-refractivity contribution in [3.8, 4) is 11.4 Å². The third-order valence-electron chi connectivity index (χ3n) is 3.16. The molecule has 0 aliphatic carbocycles. The first kappa shape index (κ1) is 14.3. The molecule has 110 valence electrons. The van der Waals surface area contributed by atoms with Crippen molar-refractivity contribution in [2.24, 2.45) is 0 Å². The molecule has 6 heteroatoms. The quantitative estimate of drug-likeness (QED) is 0.724. The lowest BCUT2D eigenvalue weighted by molar-refractivity contribution is 0.102. The topological polar surface area (TPSA) is 70.7 Å². The third kappa shape index (κ3) is 2.87. The smallest absolute Gasteiger partial charge is 0.256 e. The number of hydrogen-bond donors (Lipinski definition) is 2. The van der Waals surface area contributed by atoms with E-state index in [4.69, 9.17) is 0 Å². The summed E-state index contributed by atoms with van der Waals surface area (Å²) in [6.45, 7) is 0. The molecule has 1 amide bonds. The lowest BCUT2D eigenvalue weighted by atomic mass is 10.2. The van der Waals surface area contributed by atoms with Crippen LogP contribution in [0.25, 0.3) is 11.4 Å². The second-order valence-electron chi connectivity index (χ2n) is 4.53. The molecule has 2 aromatic heterocycles. The van der Waals surface area contributed by atoms with Gasteiger partial charge in [-0.1, -0.05) is 18.2 Å². The summed E-state index contributed by atoms with van der Waals surface area (Å²) in [5.74, 6) is -0.163. The van der Waals surface area contributed by atoms with Gasteiger partial charge in [0.25, 0.3) is 5.91 Å². The van der Waals surface area contributed by atoms with Crippen LogP contribution in [0.4, 0.5) is 5.69 Å². The lowest BCUT2D eigenvalue weighted by Crippen LogP contribution is -2.13. The van der Waals surface area contributed by atoms with Crippen LogP contribution in [0.15, 0.2) is 59.8 Å². The van der Waals surface area contributed by atoms with E-state index in [0.29, 0.717) is 16.9 Å². The molecule has 0 radical (unpaired) electrons. The molecule has 2 N–H and O–H groups in total. The van der Waals surface area contributed by atoms with Crippen molar-refractivity contribution >= 4 is 23.4 Å². The van der Waals surface area contributed by atoms with Crippen molar-refractivity contribution in [3.63, 3.8) is 0 Å². The number of H-pyrrole nitrogens is 1. The van der Waals surface area contributed by atoms with Crippen LogP contribution in [0.3, 0.4) is 0 Å². The van der Waals surface area contributed by atoms with E-state index in [9.17, 15) is 4.79 Å². The monoisotopic (exact) mass is 310 g/mol.